The van der Waals surface area contributed by atoms with Crippen LogP contribution in [0.1, 0.15) is 40.6 Å². The Kier molecular flexibility index (Phi) is 3.46. The summed E-state index contributed by atoms with van der Waals surface area (Å²) in [5, 5.41) is 3.09. The van der Waals surface area contributed by atoms with Crippen molar-refractivity contribution in [3.05, 3.63) is 59.7 Å². The number of benzene rings is 1. The first-order valence-corrected chi connectivity index (χ1v) is 6.88. The lowest BCUT2D eigenvalue weighted by Gasteiger charge is -2.18. The molecule has 20 heavy (non-hydrogen) atoms. The van der Waals surface area contributed by atoms with Crippen LogP contribution in [0.3, 0.4) is 0 Å². The van der Waals surface area contributed by atoms with Gasteiger partial charge in [-0.3, -0.25) is 9.78 Å². The molecule has 0 radical (unpaired) electrons. The maximum absolute atomic E-state index is 12.3. The molecular formula is C16H17N3O. The lowest BCUT2D eigenvalue weighted by atomic mass is 10.0. The number of rotatable bonds is 4. The third-order valence-electron chi connectivity index (χ3n) is 3.55. The highest BCUT2D eigenvalue weighted by molar-refractivity contribution is 5.92. The molecule has 2 aromatic rings. The zero-order valence-electron chi connectivity index (χ0n) is 11.4. The summed E-state index contributed by atoms with van der Waals surface area (Å²) in [5.74, 6) is 0.387. The Labute approximate surface area is 118 Å². The molecule has 102 valence electrons. The molecule has 1 aromatic heterocycles. The van der Waals surface area contributed by atoms with Crippen LogP contribution in [0.5, 0.6) is 0 Å². The van der Waals surface area contributed by atoms with Crippen molar-refractivity contribution in [3.63, 3.8) is 0 Å². The predicted octanol–water partition coefficient (Wildman–Crippen LogP) is 2.67. The van der Waals surface area contributed by atoms with E-state index in [-0.39, 0.29) is 11.9 Å². The maximum Gasteiger partial charge on any atom is 0.271 e. The molecule has 1 aliphatic rings. The lowest BCUT2D eigenvalue weighted by Crippen LogP contribution is -2.30. The van der Waals surface area contributed by atoms with Crippen LogP contribution in [-0.4, -0.2) is 15.9 Å². The first-order chi connectivity index (χ1) is 9.74. The first-order valence-electron chi connectivity index (χ1n) is 6.88. The highest BCUT2D eigenvalue weighted by Crippen LogP contribution is 2.40. The monoisotopic (exact) mass is 267 g/mol. The molecule has 0 saturated heterocycles. The lowest BCUT2D eigenvalue weighted by molar-refractivity contribution is 0.0926. The van der Waals surface area contributed by atoms with Crippen molar-refractivity contribution >= 4 is 5.91 Å². The van der Waals surface area contributed by atoms with E-state index in [1.807, 2.05) is 25.1 Å². The molecule has 3 rings (SSSR count). The summed E-state index contributed by atoms with van der Waals surface area (Å²) >= 11 is 0. The number of carbonyl (C=O) groups excluding carboxylic acids is 1. The van der Waals surface area contributed by atoms with Gasteiger partial charge in [0, 0.05) is 6.20 Å². The number of nitrogens with one attached hydrogen (secondary N) is 1. The number of hydrogen-bond acceptors (Lipinski definition) is 3. The van der Waals surface area contributed by atoms with Crippen LogP contribution in [-0.2, 0) is 0 Å². The molecule has 1 atom stereocenters. The van der Waals surface area contributed by atoms with Gasteiger partial charge in [-0.25, -0.2) is 4.98 Å². The second-order valence-corrected chi connectivity index (χ2v) is 5.24. The number of carbonyl (C=O) groups is 1. The minimum absolute atomic E-state index is 0.0757. The second-order valence-electron chi connectivity index (χ2n) is 5.24. The van der Waals surface area contributed by atoms with Gasteiger partial charge in [-0.2, -0.15) is 0 Å². The Morgan fingerprint density at radius 3 is 2.55 bits per heavy atom. The summed E-state index contributed by atoms with van der Waals surface area (Å²) in [4.78, 5) is 20.5. The Balaban J connectivity index is 1.77. The standard InChI is InChI=1S/C16H17N3O/c1-11-9-18-14(10-17-11)16(20)19-15(13-7-8-13)12-5-3-2-4-6-12/h2-6,9-10,13,15H,7-8H2,1H3,(H,19,20)/t15-/m1/s1. The molecule has 1 fully saturated rings. The van der Waals surface area contributed by atoms with Crippen molar-refractivity contribution in [1.82, 2.24) is 15.3 Å². The fourth-order valence-corrected chi connectivity index (χ4v) is 2.29. The second kappa shape index (κ2) is 5.41. The normalized spacial score (nSPS) is 15.7. The van der Waals surface area contributed by atoms with Gasteiger partial charge in [0.05, 0.1) is 17.9 Å². The third kappa shape index (κ3) is 2.85. The highest BCUT2D eigenvalue weighted by Gasteiger charge is 2.33. The van der Waals surface area contributed by atoms with Crippen molar-refractivity contribution in [2.45, 2.75) is 25.8 Å². The van der Waals surface area contributed by atoms with Crippen molar-refractivity contribution < 1.29 is 4.79 Å². The maximum atomic E-state index is 12.3. The van der Waals surface area contributed by atoms with E-state index in [0.717, 1.165) is 11.3 Å². The van der Waals surface area contributed by atoms with Gasteiger partial charge < -0.3 is 5.32 Å². The number of amides is 1. The molecule has 1 saturated carbocycles. The van der Waals surface area contributed by atoms with Crippen LogP contribution in [0, 0.1) is 12.8 Å². The molecule has 1 amide bonds. The molecule has 4 nitrogen and oxygen atoms in total. The van der Waals surface area contributed by atoms with Gasteiger partial charge in [-0.05, 0) is 31.2 Å². The average Bonchev–Trinajstić information content (AvgIpc) is 3.31. The quantitative estimate of drug-likeness (QED) is 0.926. The fourth-order valence-electron chi connectivity index (χ4n) is 2.29. The smallest absolute Gasteiger partial charge is 0.271 e. The number of aryl methyl sites for hydroxylation is 1. The Morgan fingerprint density at radius 2 is 1.95 bits per heavy atom. The molecule has 4 heteroatoms. The SMILES string of the molecule is Cc1cnc(C(=O)N[C@H](c2ccccc2)C2CC2)cn1. The molecule has 0 spiro atoms. The van der Waals surface area contributed by atoms with Gasteiger partial charge >= 0.3 is 0 Å². The Hall–Kier alpha value is -2.23. The van der Waals surface area contributed by atoms with Crippen LogP contribution in [0.25, 0.3) is 0 Å². The van der Waals surface area contributed by atoms with Gasteiger partial charge in [0.25, 0.3) is 5.91 Å². The van der Waals surface area contributed by atoms with E-state index in [9.17, 15) is 4.79 Å². The highest BCUT2D eigenvalue weighted by atomic mass is 16.1. The summed E-state index contributed by atoms with van der Waals surface area (Å²) in [5.41, 5.74) is 2.34. The zero-order chi connectivity index (χ0) is 13.9. The van der Waals surface area contributed by atoms with Crippen LogP contribution < -0.4 is 5.32 Å². The van der Waals surface area contributed by atoms with Crippen molar-refractivity contribution in [1.29, 1.82) is 0 Å². The first kappa shape index (κ1) is 12.8. The van der Waals surface area contributed by atoms with Gasteiger partial charge in [-0.1, -0.05) is 30.3 Å². The fraction of sp³-hybridized carbons (Fsp3) is 0.312. The molecule has 1 heterocycles. The summed E-state index contributed by atoms with van der Waals surface area (Å²) in [6.45, 7) is 1.85. The summed E-state index contributed by atoms with van der Waals surface area (Å²) < 4.78 is 0. The van der Waals surface area contributed by atoms with E-state index in [1.54, 1.807) is 6.20 Å². The van der Waals surface area contributed by atoms with Gasteiger partial charge in [0.2, 0.25) is 0 Å². The van der Waals surface area contributed by atoms with E-state index in [2.05, 4.69) is 27.4 Å². The molecule has 0 aliphatic heterocycles. The summed E-state index contributed by atoms with van der Waals surface area (Å²) in [7, 11) is 0. The molecule has 1 aliphatic carbocycles. The van der Waals surface area contributed by atoms with Crippen molar-refractivity contribution in [2.75, 3.05) is 0 Å². The Morgan fingerprint density at radius 1 is 1.20 bits per heavy atom. The van der Waals surface area contributed by atoms with Crippen LogP contribution in [0.2, 0.25) is 0 Å². The van der Waals surface area contributed by atoms with E-state index >= 15 is 0 Å². The van der Waals surface area contributed by atoms with Gasteiger partial charge in [-0.15, -0.1) is 0 Å². The average molecular weight is 267 g/mol. The number of hydrogen-bond donors (Lipinski definition) is 1. The van der Waals surface area contributed by atoms with E-state index in [4.69, 9.17) is 0 Å². The van der Waals surface area contributed by atoms with Crippen LogP contribution in [0.4, 0.5) is 0 Å². The minimum Gasteiger partial charge on any atom is -0.344 e. The number of aromatic nitrogens is 2. The molecule has 0 unspecified atom stereocenters. The summed E-state index contributed by atoms with van der Waals surface area (Å²) in [6.07, 6.45) is 5.47. The van der Waals surface area contributed by atoms with E-state index in [1.165, 1.54) is 19.0 Å². The zero-order valence-corrected chi connectivity index (χ0v) is 11.4. The van der Waals surface area contributed by atoms with Crippen LogP contribution in [0.15, 0.2) is 42.7 Å². The summed E-state index contributed by atoms with van der Waals surface area (Å²) in [6, 6.07) is 10.2. The topological polar surface area (TPSA) is 54.9 Å². The van der Waals surface area contributed by atoms with Gasteiger partial charge in [0.15, 0.2) is 0 Å². The predicted molar refractivity (Wildman–Crippen MR) is 76.1 cm³/mol. The minimum atomic E-state index is -0.154. The molecule has 0 bridgehead atoms. The van der Waals surface area contributed by atoms with E-state index in [0.29, 0.717) is 11.6 Å². The van der Waals surface area contributed by atoms with Crippen LogP contribution >= 0.6 is 0 Å². The molecule has 1 aromatic carbocycles. The largest absolute Gasteiger partial charge is 0.344 e. The van der Waals surface area contributed by atoms with Crippen molar-refractivity contribution in [2.24, 2.45) is 5.92 Å². The Bertz CT molecular complexity index is 591. The molecular weight excluding hydrogens is 250 g/mol. The number of nitrogens with zero attached hydrogens (tertiary/aromatic N) is 2. The van der Waals surface area contributed by atoms with Gasteiger partial charge in [0.1, 0.15) is 5.69 Å². The third-order valence-corrected chi connectivity index (χ3v) is 3.55. The van der Waals surface area contributed by atoms with E-state index < -0.39 is 0 Å². The molecule has 1 N–H and O–H groups in total. The van der Waals surface area contributed by atoms with Crippen molar-refractivity contribution in [3.8, 4) is 0 Å².